The summed E-state index contributed by atoms with van der Waals surface area (Å²) in [6.45, 7) is 13.6. The zero-order valence-corrected chi connectivity index (χ0v) is 17.1. The number of hydrogen-bond acceptors (Lipinski definition) is 3. The summed E-state index contributed by atoms with van der Waals surface area (Å²) < 4.78 is 1.17. The molecule has 3 rings (SSSR count). The standard InChI is InChI=1S/C23H27NO3/c1-12(2)15-8-9-18-16(11-15)19-17(23(5,6)7)10-13(3)21(26)20(19)22(27)24(18)14(4)25/h8-12,26H,1-7H3. The number of fused-ring (bicyclic) bond motifs is 3. The normalized spacial score (nSPS) is 12.3. The number of rotatable bonds is 1. The Bertz CT molecular complexity index is 1140. The van der Waals surface area contributed by atoms with Crippen molar-refractivity contribution in [3.8, 4) is 5.75 Å². The predicted molar refractivity (Wildman–Crippen MR) is 111 cm³/mol. The largest absolute Gasteiger partial charge is 0.507 e. The quantitative estimate of drug-likeness (QED) is 0.599. The fraction of sp³-hybridized carbons (Fsp3) is 0.391. The van der Waals surface area contributed by atoms with Gasteiger partial charge in [-0.3, -0.25) is 9.59 Å². The smallest absolute Gasteiger partial charge is 0.269 e. The molecule has 0 saturated heterocycles. The van der Waals surface area contributed by atoms with Gasteiger partial charge in [0.1, 0.15) is 5.75 Å². The van der Waals surface area contributed by atoms with Gasteiger partial charge >= 0.3 is 0 Å². The van der Waals surface area contributed by atoms with E-state index in [1.165, 1.54) is 11.5 Å². The number of phenols is 1. The second-order valence-corrected chi connectivity index (χ2v) is 8.68. The molecule has 0 unspecified atom stereocenters. The number of aromatic hydroxyl groups is 1. The van der Waals surface area contributed by atoms with Crippen LogP contribution in [0.15, 0.2) is 29.1 Å². The van der Waals surface area contributed by atoms with Crippen molar-refractivity contribution in [3.05, 3.63) is 51.3 Å². The van der Waals surface area contributed by atoms with Crippen LogP contribution in [0.25, 0.3) is 21.7 Å². The molecule has 142 valence electrons. The zero-order valence-electron chi connectivity index (χ0n) is 17.1. The first-order valence-electron chi connectivity index (χ1n) is 9.31. The van der Waals surface area contributed by atoms with Crippen molar-refractivity contribution in [2.75, 3.05) is 0 Å². The molecule has 0 fully saturated rings. The Labute approximate surface area is 159 Å². The van der Waals surface area contributed by atoms with Crippen LogP contribution < -0.4 is 5.56 Å². The van der Waals surface area contributed by atoms with E-state index >= 15 is 0 Å². The Morgan fingerprint density at radius 3 is 2.26 bits per heavy atom. The van der Waals surface area contributed by atoms with E-state index in [-0.39, 0.29) is 22.5 Å². The van der Waals surface area contributed by atoms with Crippen LogP contribution in [0.1, 0.15) is 68.9 Å². The van der Waals surface area contributed by atoms with E-state index in [0.29, 0.717) is 17.0 Å². The van der Waals surface area contributed by atoms with Gasteiger partial charge in [0.05, 0.1) is 10.9 Å². The Hall–Kier alpha value is -2.62. The van der Waals surface area contributed by atoms with E-state index in [4.69, 9.17) is 0 Å². The van der Waals surface area contributed by atoms with E-state index in [1.54, 1.807) is 6.92 Å². The lowest BCUT2D eigenvalue weighted by molar-refractivity contribution is 0.0938. The molecule has 0 radical (unpaired) electrons. The molecule has 3 aromatic rings. The molecule has 1 N–H and O–H groups in total. The van der Waals surface area contributed by atoms with E-state index in [1.807, 2.05) is 24.3 Å². The number of hydrogen-bond donors (Lipinski definition) is 1. The molecule has 0 spiro atoms. The van der Waals surface area contributed by atoms with E-state index in [0.717, 1.165) is 21.9 Å². The molecule has 0 bridgehead atoms. The first kappa shape index (κ1) is 19.2. The molecule has 0 aliphatic carbocycles. The lowest BCUT2D eigenvalue weighted by Crippen LogP contribution is -2.26. The van der Waals surface area contributed by atoms with E-state index in [9.17, 15) is 14.7 Å². The summed E-state index contributed by atoms with van der Waals surface area (Å²) in [5, 5.41) is 12.5. The van der Waals surface area contributed by atoms with Gasteiger partial charge in [-0.25, -0.2) is 4.57 Å². The Kier molecular flexibility index (Phi) is 4.41. The maximum absolute atomic E-state index is 13.2. The van der Waals surface area contributed by atoms with Gasteiger partial charge in [-0.2, -0.15) is 0 Å². The average Bonchev–Trinajstić information content (AvgIpc) is 2.55. The van der Waals surface area contributed by atoms with Crippen LogP contribution in [0.3, 0.4) is 0 Å². The highest BCUT2D eigenvalue weighted by Crippen LogP contribution is 2.39. The lowest BCUT2D eigenvalue weighted by atomic mass is 9.81. The van der Waals surface area contributed by atoms with Crippen molar-refractivity contribution >= 4 is 27.6 Å². The van der Waals surface area contributed by atoms with Crippen LogP contribution in [-0.2, 0) is 5.41 Å². The minimum absolute atomic E-state index is 0.0464. The predicted octanol–water partition coefficient (Wildman–Crippen LogP) is 5.25. The second-order valence-electron chi connectivity index (χ2n) is 8.68. The fourth-order valence-electron chi connectivity index (χ4n) is 3.73. The van der Waals surface area contributed by atoms with Gasteiger partial charge in [0.2, 0.25) is 5.91 Å². The number of phenolic OH excluding ortho intramolecular Hbond substituents is 1. The molecular formula is C23H27NO3. The molecule has 1 heterocycles. The number of pyridine rings is 1. The third-order valence-corrected chi connectivity index (χ3v) is 5.23. The number of carbonyl (C=O) groups is 1. The average molecular weight is 365 g/mol. The van der Waals surface area contributed by atoms with Crippen LogP contribution >= 0.6 is 0 Å². The number of aryl methyl sites for hydroxylation is 1. The third-order valence-electron chi connectivity index (χ3n) is 5.23. The van der Waals surface area contributed by atoms with Gasteiger partial charge < -0.3 is 5.11 Å². The topological polar surface area (TPSA) is 59.3 Å². The summed E-state index contributed by atoms with van der Waals surface area (Å²) in [6.07, 6.45) is 0. The maximum Gasteiger partial charge on any atom is 0.269 e. The molecule has 1 aromatic heterocycles. The van der Waals surface area contributed by atoms with Crippen LogP contribution in [0.2, 0.25) is 0 Å². The minimum atomic E-state index is -0.464. The van der Waals surface area contributed by atoms with Gasteiger partial charge in [0.15, 0.2) is 0 Å². The third kappa shape index (κ3) is 2.93. The van der Waals surface area contributed by atoms with Crippen LogP contribution in [0.5, 0.6) is 5.75 Å². The van der Waals surface area contributed by atoms with Crippen molar-refractivity contribution in [2.24, 2.45) is 0 Å². The summed E-state index contributed by atoms with van der Waals surface area (Å²) in [6, 6.07) is 7.81. The van der Waals surface area contributed by atoms with Crippen molar-refractivity contribution in [1.29, 1.82) is 0 Å². The Morgan fingerprint density at radius 2 is 1.74 bits per heavy atom. The molecule has 0 saturated carbocycles. The highest BCUT2D eigenvalue weighted by Gasteiger charge is 2.25. The summed E-state index contributed by atoms with van der Waals surface area (Å²) in [7, 11) is 0. The molecule has 4 heteroatoms. The number of carbonyl (C=O) groups excluding carboxylic acids is 1. The van der Waals surface area contributed by atoms with Crippen molar-refractivity contribution in [1.82, 2.24) is 4.57 Å². The second kappa shape index (κ2) is 6.22. The highest BCUT2D eigenvalue weighted by atomic mass is 16.3. The molecule has 4 nitrogen and oxygen atoms in total. The van der Waals surface area contributed by atoms with Crippen LogP contribution in [0, 0.1) is 6.92 Å². The van der Waals surface area contributed by atoms with E-state index < -0.39 is 5.56 Å². The lowest BCUT2D eigenvalue weighted by Gasteiger charge is -2.25. The van der Waals surface area contributed by atoms with Crippen LogP contribution in [0.4, 0.5) is 0 Å². The molecule has 0 aliphatic heterocycles. The summed E-state index contributed by atoms with van der Waals surface area (Å²) in [4.78, 5) is 25.5. The van der Waals surface area contributed by atoms with Gasteiger partial charge in [-0.15, -0.1) is 0 Å². The molecule has 0 atom stereocenters. The van der Waals surface area contributed by atoms with E-state index in [2.05, 4.69) is 34.6 Å². The minimum Gasteiger partial charge on any atom is -0.507 e. The SMILES string of the molecule is CC(=O)n1c(=O)c2c(O)c(C)cc(C(C)(C)C)c2c2cc(C(C)C)ccc21. The van der Waals surface area contributed by atoms with Gasteiger partial charge in [-0.05, 0) is 47.1 Å². The Morgan fingerprint density at radius 1 is 1.11 bits per heavy atom. The molecule has 0 aliphatic rings. The first-order chi connectivity index (χ1) is 12.4. The molecule has 0 amide bonds. The summed E-state index contributed by atoms with van der Waals surface area (Å²) in [5.41, 5.74) is 2.64. The van der Waals surface area contributed by atoms with Gasteiger partial charge in [0, 0.05) is 17.7 Å². The number of aromatic nitrogens is 1. The summed E-state index contributed by atoms with van der Waals surface area (Å²) in [5.74, 6) is -0.100. The van der Waals surface area contributed by atoms with Gasteiger partial charge in [-0.1, -0.05) is 46.8 Å². The number of nitrogens with zero attached hydrogens (tertiary/aromatic N) is 1. The van der Waals surface area contributed by atoms with Crippen molar-refractivity contribution < 1.29 is 9.90 Å². The van der Waals surface area contributed by atoms with Crippen LogP contribution in [-0.4, -0.2) is 15.6 Å². The highest BCUT2D eigenvalue weighted by molar-refractivity contribution is 6.12. The van der Waals surface area contributed by atoms with Crippen molar-refractivity contribution in [2.45, 2.75) is 59.8 Å². The maximum atomic E-state index is 13.2. The molecule has 2 aromatic carbocycles. The summed E-state index contributed by atoms with van der Waals surface area (Å²) >= 11 is 0. The number of benzene rings is 2. The zero-order chi connectivity index (χ0) is 20.3. The van der Waals surface area contributed by atoms with Crippen molar-refractivity contribution in [3.63, 3.8) is 0 Å². The monoisotopic (exact) mass is 365 g/mol. The Balaban J connectivity index is 2.76. The first-order valence-corrected chi connectivity index (χ1v) is 9.31. The van der Waals surface area contributed by atoms with Gasteiger partial charge in [0.25, 0.3) is 5.56 Å². The molecule has 27 heavy (non-hydrogen) atoms. The molecular weight excluding hydrogens is 338 g/mol. The fourth-order valence-corrected chi connectivity index (χ4v) is 3.73.